The van der Waals surface area contributed by atoms with Gasteiger partial charge in [0.2, 0.25) is 5.91 Å². The summed E-state index contributed by atoms with van der Waals surface area (Å²) in [7, 11) is 1.65. The van der Waals surface area contributed by atoms with E-state index in [4.69, 9.17) is 11.5 Å². The molecule has 1 unspecified atom stereocenters. The first kappa shape index (κ1) is 20.3. The molecule has 5 N–H and O–H groups in total. The SMILES string of the molecule is Cc1c(N)cncc1-c1cc2cc(N(C(=O)O)C3(C)CC(=O)N(C)C3)ncc2c(N)n1. The van der Waals surface area contributed by atoms with Crippen LogP contribution in [0.5, 0.6) is 0 Å². The average molecular weight is 421 g/mol. The van der Waals surface area contributed by atoms with Gasteiger partial charge in [-0.3, -0.25) is 14.7 Å². The lowest BCUT2D eigenvalue weighted by Gasteiger charge is -2.34. The number of likely N-dealkylation sites (N-methyl/N-ethyl adjacent to an activating group) is 1. The molecule has 1 atom stereocenters. The van der Waals surface area contributed by atoms with Gasteiger partial charge >= 0.3 is 6.09 Å². The maximum atomic E-state index is 12.2. The van der Waals surface area contributed by atoms with Crippen LogP contribution in [-0.4, -0.2) is 56.1 Å². The third-order valence-electron chi connectivity index (χ3n) is 5.76. The third kappa shape index (κ3) is 3.35. The van der Waals surface area contributed by atoms with Crippen LogP contribution < -0.4 is 16.4 Å². The summed E-state index contributed by atoms with van der Waals surface area (Å²) in [4.78, 5) is 39.9. The van der Waals surface area contributed by atoms with E-state index >= 15 is 0 Å². The standard InChI is InChI=1S/C21H23N7O3/c1-11-13(7-24-9-15(11)22)16-4-12-5-17(25-8-14(12)19(23)26-16)28(20(30)31)21(2)6-18(29)27(3)10-21/h4-5,7-9H,6,10,22H2,1-3H3,(H2,23,26)(H,30,31). The average Bonchev–Trinajstić information content (AvgIpc) is 2.95. The van der Waals surface area contributed by atoms with Gasteiger partial charge in [0.1, 0.15) is 11.6 Å². The molecule has 1 saturated heterocycles. The van der Waals surface area contributed by atoms with Gasteiger partial charge in [0, 0.05) is 36.9 Å². The van der Waals surface area contributed by atoms with Crippen molar-refractivity contribution in [1.82, 2.24) is 19.9 Å². The molecule has 1 aliphatic rings. The molecule has 0 bridgehead atoms. The van der Waals surface area contributed by atoms with Crippen molar-refractivity contribution in [2.45, 2.75) is 25.8 Å². The number of nitrogen functional groups attached to an aromatic ring is 2. The number of likely N-dealkylation sites (tertiary alicyclic amines) is 1. The Kier molecular flexibility index (Phi) is 4.64. The van der Waals surface area contributed by atoms with Gasteiger partial charge in [0.25, 0.3) is 0 Å². The Hall–Kier alpha value is -3.95. The number of amides is 2. The molecular weight excluding hydrogens is 398 g/mol. The van der Waals surface area contributed by atoms with E-state index in [1.165, 1.54) is 11.1 Å². The number of nitrogens with zero attached hydrogens (tertiary/aromatic N) is 5. The fourth-order valence-corrected chi connectivity index (χ4v) is 4.09. The van der Waals surface area contributed by atoms with Crippen LogP contribution in [0.1, 0.15) is 18.9 Å². The summed E-state index contributed by atoms with van der Waals surface area (Å²) in [6, 6.07) is 3.45. The summed E-state index contributed by atoms with van der Waals surface area (Å²) in [5, 5.41) is 11.2. The maximum Gasteiger partial charge on any atom is 0.413 e. The van der Waals surface area contributed by atoms with Gasteiger partial charge in [-0.05, 0) is 36.9 Å². The predicted octanol–water partition coefficient (Wildman–Crippen LogP) is 2.27. The van der Waals surface area contributed by atoms with Crippen LogP contribution in [0.4, 0.5) is 22.1 Å². The van der Waals surface area contributed by atoms with E-state index < -0.39 is 11.6 Å². The van der Waals surface area contributed by atoms with Crippen LogP contribution in [0.25, 0.3) is 22.0 Å². The van der Waals surface area contributed by atoms with E-state index in [1.807, 2.05) is 6.92 Å². The molecule has 31 heavy (non-hydrogen) atoms. The Labute approximate surface area is 178 Å². The van der Waals surface area contributed by atoms with E-state index in [2.05, 4.69) is 15.0 Å². The highest BCUT2D eigenvalue weighted by Gasteiger charge is 2.46. The number of carbonyl (C=O) groups is 2. The fraction of sp³-hybridized carbons (Fsp3) is 0.286. The molecule has 1 aliphatic heterocycles. The molecule has 0 radical (unpaired) electrons. The molecule has 3 aromatic heterocycles. The number of carbonyl (C=O) groups excluding carboxylic acids is 1. The van der Waals surface area contributed by atoms with Crippen LogP contribution in [-0.2, 0) is 4.79 Å². The normalized spacial score (nSPS) is 18.5. The first-order valence-corrected chi connectivity index (χ1v) is 9.64. The number of pyridine rings is 3. The molecular formula is C21H23N7O3. The molecule has 0 saturated carbocycles. The molecule has 0 spiro atoms. The minimum atomic E-state index is -1.18. The first-order chi connectivity index (χ1) is 14.6. The lowest BCUT2D eigenvalue weighted by molar-refractivity contribution is -0.126. The Morgan fingerprint density at radius 1 is 1.26 bits per heavy atom. The van der Waals surface area contributed by atoms with Crippen molar-refractivity contribution in [1.29, 1.82) is 0 Å². The Morgan fingerprint density at radius 3 is 2.65 bits per heavy atom. The number of hydrogen-bond donors (Lipinski definition) is 3. The van der Waals surface area contributed by atoms with E-state index in [0.717, 1.165) is 16.0 Å². The highest BCUT2D eigenvalue weighted by molar-refractivity contribution is 5.97. The number of fused-ring (bicyclic) bond motifs is 1. The van der Waals surface area contributed by atoms with Crippen LogP contribution in [0, 0.1) is 6.92 Å². The highest BCUT2D eigenvalue weighted by atomic mass is 16.4. The number of anilines is 3. The van der Waals surface area contributed by atoms with Crippen LogP contribution in [0.2, 0.25) is 0 Å². The lowest BCUT2D eigenvalue weighted by Crippen LogP contribution is -2.51. The summed E-state index contributed by atoms with van der Waals surface area (Å²) in [5.41, 5.74) is 13.9. The number of hydrogen-bond acceptors (Lipinski definition) is 7. The molecule has 10 nitrogen and oxygen atoms in total. The van der Waals surface area contributed by atoms with Gasteiger partial charge < -0.3 is 21.5 Å². The van der Waals surface area contributed by atoms with Crippen molar-refractivity contribution in [3.8, 4) is 11.3 Å². The zero-order valence-corrected chi connectivity index (χ0v) is 17.5. The van der Waals surface area contributed by atoms with Crippen LogP contribution >= 0.6 is 0 Å². The van der Waals surface area contributed by atoms with E-state index in [-0.39, 0.29) is 30.5 Å². The quantitative estimate of drug-likeness (QED) is 0.582. The predicted molar refractivity (Wildman–Crippen MR) is 117 cm³/mol. The van der Waals surface area contributed by atoms with Crippen molar-refractivity contribution in [2.24, 2.45) is 0 Å². The largest absolute Gasteiger partial charge is 0.465 e. The highest BCUT2D eigenvalue weighted by Crippen LogP contribution is 2.35. The molecule has 3 aromatic rings. The Balaban J connectivity index is 1.85. The topological polar surface area (TPSA) is 152 Å². The van der Waals surface area contributed by atoms with E-state index in [0.29, 0.717) is 22.2 Å². The number of aromatic nitrogens is 3. The zero-order valence-electron chi connectivity index (χ0n) is 17.5. The van der Waals surface area contributed by atoms with Crippen molar-refractivity contribution >= 4 is 40.1 Å². The number of nitrogens with two attached hydrogens (primary N) is 2. The second-order valence-corrected chi connectivity index (χ2v) is 8.10. The van der Waals surface area contributed by atoms with Crippen molar-refractivity contribution in [3.63, 3.8) is 0 Å². The number of carboxylic acid groups (broad SMARTS) is 1. The third-order valence-corrected chi connectivity index (χ3v) is 5.76. The molecule has 1 fully saturated rings. The summed E-state index contributed by atoms with van der Waals surface area (Å²) in [6.07, 6.45) is 3.62. The monoisotopic (exact) mass is 421 g/mol. The van der Waals surface area contributed by atoms with Crippen LogP contribution in [0.15, 0.2) is 30.7 Å². The first-order valence-electron chi connectivity index (χ1n) is 9.64. The zero-order chi connectivity index (χ0) is 22.5. The second kappa shape index (κ2) is 7.08. The number of rotatable bonds is 3. The molecule has 0 aliphatic carbocycles. The van der Waals surface area contributed by atoms with Crippen molar-refractivity contribution in [2.75, 3.05) is 30.0 Å². The Morgan fingerprint density at radius 2 is 2.00 bits per heavy atom. The van der Waals surface area contributed by atoms with Gasteiger partial charge in [-0.1, -0.05) is 0 Å². The second-order valence-electron chi connectivity index (χ2n) is 8.10. The molecule has 0 aromatic carbocycles. The fourth-order valence-electron chi connectivity index (χ4n) is 4.09. The minimum absolute atomic E-state index is 0.0768. The maximum absolute atomic E-state index is 12.2. The van der Waals surface area contributed by atoms with Gasteiger partial charge in [-0.25, -0.2) is 14.8 Å². The molecule has 4 heterocycles. The van der Waals surface area contributed by atoms with Gasteiger partial charge in [0.05, 0.1) is 29.5 Å². The van der Waals surface area contributed by atoms with Gasteiger partial charge in [-0.15, -0.1) is 0 Å². The molecule has 4 rings (SSSR count). The minimum Gasteiger partial charge on any atom is -0.465 e. The van der Waals surface area contributed by atoms with E-state index in [1.54, 1.807) is 38.5 Å². The van der Waals surface area contributed by atoms with Crippen molar-refractivity contribution < 1.29 is 14.7 Å². The Bertz CT molecular complexity index is 1230. The van der Waals surface area contributed by atoms with E-state index in [9.17, 15) is 14.7 Å². The van der Waals surface area contributed by atoms with Gasteiger partial charge in [-0.2, -0.15) is 0 Å². The molecule has 2 amide bonds. The van der Waals surface area contributed by atoms with Gasteiger partial charge in [0.15, 0.2) is 0 Å². The lowest BCUT2D eigenvalue weighted by atomic mass is 9.98. The summed E-state index contributed by atoms with van der Waals surface area (Å²) >= 11 is 0. The molecule has 10 heteroatoms. The van der Waals surface area contributed by atoms with Crippen molar-refractivity contribution in [3.05, 3.63) is 36.3 Å². The summed E-state index contributed by atoms with van der Waals surface area (Å²) in [5.74, 6) is 0.358. The summed E-state index contributed by atoms with van der Waals surface area (Å²) < 4.78 is 0. The van der Waals surface area contributed by atoms with Crippen LogP contribution in [0.3, 0.4) is 0 Å². The summed E-state index contributed by atoms with van der Waals surface area (Å²) in [6.45, 7) is 3.88. The smallest absolute Gasteiger partial charge is 0.413 e. The molecule has 160 valence electrons.